The molecule has 1 N–H and O–H groups in total. The summed E-state index contributed by atoms with van der Waals surface area (Å²) in [7, 11) is 0. The molecular weight excluding hydrogens is 620 g/mol. The van der Waals surface area contributed by atoms with Crippen molar-refractivity contribution in [1.29, 1.82) is 0 Å². The third-order valence-corrected chi connectivity index (χ3v) is 8.96. The number of alkyl halides is 6. The zero-order chi connectivity index (χ0) is 32.5. The van der Waals surface area contributed by atoms with Crippen LogP contribution in [0.5, 0.6) is 0 Å². The van der Waals surface area contributed by atoms with Crippen molar-refractivity contribution in [3.8, 4) is 0 Å². The number of carbonyl (C=O) groups excluding carboxylic acids is 3. The van der Waals surface area contributed by atoms with Gasteiger partial charge in [-0.2, -0.15) is 38.1 Å². The van der Waals surface area contributed by atoms with E-state index in [1.807, 2.05) is 0 Å². The SMILES string of the molecule is CC(C(=O)N1CCSCC1)N1C(=O)c2ccccc2C(C(=O)NCc2ccccc2)C1c1cc(C(F)(F)F)cc(C(F)(F)F)c1. The van der Waals surface area contributed by atoms with E-state index >= 15 is 0 Å². The van der Waals surface area contributed by atoms with E-state index in [9.17, 15) is 40.7 Å². The summed E-state index contributed by atoms with van der Waals surface area (Å²) in [6, 6.07) is 12.8. The summed E-state index contributed by atoms with van der Waals surface area (Å²) in [6.07, 6.45) is -10.3. The first-order valence-corrected chi connectivity index (χ1v) is 15.3. The van der Waals surface area contributed by atoms with E-state index < -0.39 is 64.8 Å². The molecule has 5 rings (SSSR count). The Balaban J connectivity index is 1.70. The molecule has 3 atom stereocenters. The van der Waals surface area contributed by atoms with Crippen LogP contribution in [0, 0.1) is 0 Å². The van der Waals surface area contributed by atoms with Crippen LogP contribution in [-0.4, -0.2) is 58.2 Å². The van der Waals surface area contributed by atoms with Crippen LogP contribution >= 0.6 is 11.8 Å². The molecule has 2 aliphatic rings. The Morgan fingerprint density at radius 3 is 2.07 bits per heavy atom. The Hall–Kier alpha value is -4.00. The van der Waals surface area contributed by atoms with Crippen molar-refractivity contribution in [2.75, 3.05) is 24.6 Å². The molecule has 3 amide bonds. The maximum Gasteiger partial charge on any atom is 0.416 e. The molecule has 3 aromatic rings. The number of nitrogens with one attached hydrogen (secondary N) is 1. The number of nitrogens with zero attached hydrogens (tertiary/aromatic N) is 2. The second-order valence-electron chi connectivity index (χ2n) is 10.9. The van der Waals surface area contributed by atoms with E-state index in [4.69, 9.17) is 0 Å². The molecule has 0 aromatic heterocycles. The Morgan fingerprint density at radius 2 is 1.47 bits per heavy atom. The van der Waals surface area contributed by atoms with Gasteiger partial charge in [0.2, 0.25) is 11.8 Å². The van der Waals surface area contributed by atoms with E-state index in [0.29, 0.717) is 42.3 Å². The van der Waals surface area contributed by atoms with Crippen molar-refractivity contribution < 1.29 is 40.7 Å². The van der Waals surface area contributed by atoms with E-state index in [0.717, 1.165) is 4.90 Å². The molecule has 238 valence electrons. The molecule has 45 heavy (non-hydrogen) atoms. The number of rotatable bonds is 6. The lowest BCUT2D eigenvalue weighted by molar-refractivity contribution is -0.143. The number of amides is 3. The number of fused-ring (bicyclic) bond motifs is 1. The van der Waals surface area contributed by atoms with Gasteiger partial charge in [0.05, 0.1) is 23.1 Å². The molecule has 3 unspecified atom stereocenters. The second-order valence-corrected chi connectivity index (χ2v) is 12.1. The number of hydrogen-bond donors (Lipinski definition) is 1. The largest absolute Gasteiger partial charge is 0.416 e. The van der Waals surface area contributed by atoms with Gasteiger partial charge >= 0.3 is 12.4 Å². The molecule has 3 aromatic carbocycles. The van der Waals surface area contributed by atoms with Gasteiger partial charge in [-0.1, -0.05) is 48.5 Å². The van der Waals surface area contributed by atoms with Crippen molar-refractivity contribution in [1.82, 2.24) is 15.1 Å². The van der Waals surface area contributed by atoms with Gasteiger partial charge in [0.15, 0.2) is 0 Å². The fourth-order valence-corrected chi connectivity index (χ4v) is 6.73. The predicted molar refractivity (Wildman–Crippen MR) is 156 cm³/mol. The molecule has 2 heterocycles. The summed E-state index contributed by atoms with van der Waals surface area (Å²) in [5, 5.41) is 2.75. The quantitative estimate of drug-likeness (QED) is 0.319. The summed E-state index contributed by atoms with van der Waals surface area (Å²) in [5.41, 5.74) is -2.87. The number of benzene rings is 3. The van der Waals surface area contributed by atoms with Crippen LogP contribution in [0.25, 0.3) is 0 Å². The van der Waals surface area contributed by atoms with E-state index in [-0.39, 0.29) is 23.7 Å². The number of thioether (sulfide) groups is 1. The summed E-state index contributed by atoms with van der Waals surface area (Å²) in [5.74, 6) is -2.20. The summed E-state index contributed by atoms with van der Waals surface area (Å²) < 4.78 is 84.1. The normalized spacial score (nSPS) is 19.6. The first-order chi connectivity index (χ1) is 21.3. The van der Waals surface area contributed by atoms with Gasteiger partial charge in [-0.3, -0.25) is 14.4 Å². The lowest BCUT2D eigenvalue weighted by atomic mass is 9.77. The van der Waals surface area contributed by atoms with E-state index in [2.05, 4.69) is 5.32 Å². The third kappa shape index (κ3) is 6.82. The molecule has 1 saturated heterocycles. The molecule has 0 saturated carbocycles. The zero-order valence-electron chi connectivity index (χ0n) is 24.0. The molecule has 13 heteroatoms. The smallest absolute Gasteiger partial charge is 0.351 e. The van der Waals surface area contributed by atoms with Gasteiger partial charge in [0.1, 0.15) is 6.04 Å². The summed E-state index contributed by atoms with van der Waals surface area (Å²) in [6.45, 7) is 2.12. The van der Waals surface area contributed by atoms with Crippen LogP contribution in [0.1, 0.15) is 57.1 Å². The average molecular weight is 650 g/mol. The fraction of sp³-hybridized carbons (Fsp3) is 0.344. The second kappa shape index (κ2) is 12.8. The molecule has 0 radical (unpaired) electrons. The lowest BCUT2D eigenvalue weighted by Gasteiger charge is -2.45. The van der Waals surface area contributed by atoms with Crippen LogP contribution in [0.2, 0.25) is 0 Å². The van der Waals surface area contributed by atoms with Crippen molar-refractivity contribution >= 4 is 29.5 Å². The minimum absolute atomic E-state index is 0.00308. The van der Waals surface area contributed by atoms with Crippen molar-refractivity contribution in [3.05, 3.63) is 106 Å². The maximum absolute atomic E-state index is 14.1. The Bertz CT molecular complexity index is 1540. The van der Waals surface area contributed by atoms with Crippen molar-refractivity contribution in [2.24, 2.45) is 0 Å². The molecule has 0 spiro atoms. The lowest BCUT2D eigenvalue weighted by Crippen LogP contribution is -2.56. The van der Waals surface area contributed by atoms with Crippen LogP contribution in [0.4, 0.5) is 26.3 Å². The molecular formula is C32H29F6N3O3S. The molecule has 1 fully saturated rings. The van der Waals surface area contributed by atoms with Gasteiger partial charge in [-0.25, -0.2) is 0 Å². The maximum atomic E-state index is 14.1. The Kier molecular flexibility index (Phi) is 9.20. The topological polar surface area (TPSA) is 69.7 Å². The summed E-state index contributed by atoms with van der Waals surface area (Å²) >= 11 is 1.63. The van der Waals surface area contributed by atoms with E-state index in [1.165, 1.54) is 36.1 Å². The van der Waals surface area contributed by atoms with Gasteiger partial charge < -0.3 is 15.1 Å². The average Bonchev–Trinajstić information content (AvgIpc) is 3.02. The standard InChI is InChI=1S/C32H29F6N3O3S/c1-19(29(43)40-11-13-45-14-12-40)41-27(21-15-22(31(33,34)35)17-23(16-21)32(36,37)38)26(24-9-5-6-10-25(24)30(41)44)28(42)39-18-20-7-3-2-4-8-20/h2-10,15-17,19,26-27H,11-14,18H2,1H3,(H,39,42). The van der Waals surface area contributed by atoms with Crippen molar-refractivity contribution in [3.63, 3.8) is 0 Å². The third-order valence-electron chi connectivity index (χ3n) is 8.02. The number of halogens is 6. The van der Waals surface area contributed by atoms with Gasteiger partial charge in [0, 0.05) is 36.7 Å². The van der Waals surface area contributed by atoms with Crippen molar-refractivity contribution in [2.45, 2.75) is 43.8 Å². The van der Waals surface area contributed by atoms with Crippen LogP contribution in [0.3, 0.4) is 0 Å². The minimum atomic E-state index is -5.17. The minimum Gasteiger partial charge on any atom is -0.351 e. The number of hydrogen-bond acceptors (Lipinski definition) is 4. The first-order valence-electron chi connectivity index (χ1n) is 14.2. The summed E-state index contributed by atoms with van der Waals surface area (Å²) in [4.78, 5) is 44.4. The van der Waals surface area contributed by atoms with Gasteiger partial charge in [-0.15, -0.1) is 0 Å². The molecule has 0 bridgehead atoms. The van der Waals surface area contributed by atoms with Gasteiger partial charge in [-0.05, 0) is 47.9 Å². The van der Waals surface area contributed by atoms with Crippen LogP contribution in [-0.2, 0) is 28.5 Å². The number of carbonyl (C=O) groups is 3. The first kappa shape index (κ1) is 32.4. The monoisotopic (exact) mass is 649 g/mol. The van der Waals surface area contributed by atoms with Crippen LogP contribution in [0.15, 0.2) is 72.8 Å². The highest BCUT2D eigenvalue weighted by Gasteiger charge is 2.49. The highest BCUT2D eigenvalue weighted by molar-refractivity contribution is 7.99. The van der Waals surface area contributed by atoms with Crippen LogP contribution < -0.4 is 5.32 Å². The fourth-order valence-electron chi connectivity index (χ4n) is 5.83. The molecule has 6 nitrogen and oxygen atoms in total. The Morgan fingerprint density at radius 1 is 0.889 bits per heavy atom. The zero-order valence-corrected chi connectivity index (χ0v) is 24.8. The Labute approximate surface area is 259 Å². The molecule has 2 aliphatic heterocycles. The van der Waals surface area contributed by atoms with Gasteiger partial charge in [0.25, 0.3) is 5.91 Å². The highest BCUT2D eigenvalue weighted by Crippen LogP contribution is 2.47. The van der Waals surface area contributed by atoms with E-state index in [1.54, 1.807) is 42.1 Å². The highest BCUT2D eigenvalue weighted by atomic mass is 32.2. The predicted octanol–water partition coefficient (Wildman–Crippen LogP) is 6.29. The molecule has 0 aliphatic carbocycles.